The Balaban J connectivity index is 1.34. The van der Waals surface area contributed by atoms with Crippen molar-refractivity contribution in [2.75, 3.05) is 20.1 Å². The minimum Gasteiger partial charge on any atom is -0.331 e. The molecule has 9 heteroatoms. The van der Waals surface area contributed by atoms with Crippen molar-refractivity contribution < 1.29 is 14.4 Å². The Morgan fingerprint density at radius 1 is 1.00 bits per heavy atom. The molecule has 1 atom stereocenters. The number of likely N-dealkylation sites (N-methyl/N-ethyl adjacent to an activating group) is 1. The van der Waals surface area contributed by atoms with Gasteiger partial charge in [0.25, 0.3) is 5.91 Å². The highest BCUT2D eigenvalue weighted by molar-refractivity contribution is 6.09. The van der Waals surface area contributed by atoms with Crippen molar-refractivity contribution in [1.82, 2.24) is 29.5 Å². The molecule has 3 fully saturated rings. The predicted molar refractivity (Wildman–Crippen MR) is 112 cm³/mol. The number of nitrogens with zero attached hydrogens (tertiary/aromatic N) is 6. The summed E-state index contributed by atoms with van der Waals surface area (Å²) in [5, 5.41) is 8.86. The lowest BCUT2D eigenvalue weighted by Crippen LogP contribution is -2.49. The van der Waals surface area contributed by atoms with E-state index in [-0.39, 0.29) is 30.4 Å². The zero-order valence-corrected chi connectivity index (χ0v) is 18.4. The molecule has 1 aromatic heterocycles. The first-order chi connectivity index (χ1) is 15.0. The summed E-state index contributed by atoms with van der Waals surface area (Å²) in [5.41, 5.74) is -0.746. The number of hydrogen-bond acceptors (Lipinski definition) is 5. The van der Waals surface area contributed by atoms with Crippen LogP contribution >= 0.6 is 0 Å². The minimum atomic E-state index is -0.746. The first kappa shape index (κ1) is 20.5. The number of amides is 4. The van der Waals surface area contributed by atoms with E-state index in [9.17, 15) is 14.4 Å². The van der Waals surface area contributed by atoms with Gasteiger partial charge in [-0.3, -0.25) is 14.5 Å². The summed E-state index contributed by atoms with van der Waals surface area (Å²) in [4.78, 5) is 44.1. The van der Waals surface area contributed by atoms with E-state index < -0.39 is 5.54 Å². The van der Waals surface area contributed by atoms with E-state index in [4.69, 9.17) is 0 Å². The number of carbonyl (C=O) groups is 3. The van der Waals surface area contributed by atoms with E-state index in [1.807, 2.05) is 4.90 Å². The third kappa shape index (κ3) is 3.24. The molecular formula is C22H32N6O3. The number of aromatic nitrogens is 3. The Bertz CT molecular complexity index is 890. The molecule has 168 valence electrons. The summed E-state index contributed by atoms with van der Waals surface area (Å²) in [5.74, 6) is 1.51. The lowest BCUT2D eigenvalue weighted by molar-refractivity contribution is -0.141. The molecule has 4 heterocycles. The molecular weight excluding hydrogens is 396 g/mol. The number of rotatable bonds is 3. The van der Waals surface area contributed by atoms with Gasteiger partial charge < -0.3 is 14.4 Å². The highest BCUT2D eigenvalue weighted by Crippen LogP contribution is 2.40. The van der Waals surface area contributed by atoms with Crippen molar-refractivity contribution in [3.63, 3.8) is 0 Å². The Kier molecular flexibility index (Phi) is 5.22. The van der Waals surface area contributed by atoms with Crippen LogP contribution in [0.15, 0.2) is 0 Å². The van der Waals surface area contributed by atoms with Gasteiger partial charge >= 0.3 is 6.03 Å². The molecule has 0 aromatic carbocycles. The number of likely N-dealkylation sites (tertiary alicyclic amines) is 1. The fourth-order valence-corrected chi connectivity index (χ4v) is 5.98. The quantitative estimate of drug-likeness (QED) is 0.689. The van der Waals surface area contributed by atoms with Crippen LogP contribution in [0.2, 0.25) is 0 Å². The van der Waals surface area contributed by atoms with Crippen molar-refractivity contribution in [2.24, 2.45) is 0 Å². The van der Waals surface area contributed by atoms with Gasteiger partial charge in [0.15, 0.2) is 5.82 Å². The molecule has 2 saturated heterocycles. The number of carbonyl (C=O) groups excluding carboxylic acids is 3. The van der Waals surface area contributed by atoms with Gasteiger partial charge in [-0.05, 0) is 38.5 Å². The number of hydrogen-bond donors (Lipinski definition) is 0. The molecule has 31 heavy (non-hydrogen) atoms. The van der Waals surface area contributed by atoms with Gasteiger partial charge in [-0.25, -0.2) is 4.79 Å². The Morgan fingerprint density at radius 2 is 1.77 bits per heavy atom. The molecule has 0 N–H and O–H groups in total. The van der Waals surface area contributed by atoms with E-state index in [2.05, 4.69) is 14.8 Å². The van der Waals surface area contributed by atoms with Gasteiger partial charge in [-0.15, -0.1) is 10.2 Å². The first-order valence-corrected chi connectivity index (χ1v) is 11.8. The normalized spacial score (nSPS) is 26.0. The molecule has 4 amide bonds. The van der Waals surface area contributed by atoms with Gasteiger partial charge in [-0.2, -0.15) is 0 Å². The first-order valence-electron chi connectivity index (χ1n) is 11.8. The van der Waals surface area contributed by atoms with Crippen molar-refractivity contribution in [3.05, 3.63) is 11.6 Å². The van der Waals surface area contributed by atoms with Crippen molar-refractivity contribution in [3.8, 4) is 0 Å². The number of aryl methyl sites for hydroxylation is 1. The standard InChI is InChI=1S/C22H32N6O3/c1-25-21(31)28(20(30)22(25)11-5-3-6-12-22)15-18(29)26-14-8-9-16(26)19-24-23-17-10-4-2-7-13-27(17)19/h16H,2-15H2,1H3. The third-order valence-corrected chi connectivity index (χ3v) is 7.79. The minimum absolute atomic E-state index is 0.124. The summed E-state index contributed by atoms with van der Waals surface area (Å²) in [7, 11) is 1.71. The van der Waals surface area contributed by atoms with Gasteiger partial charge in [-0.1, -0.05) is 25.7 Å². The summed E-state index contributed by atoms with van der Waals surface area (Å²) >= 11 is 0. The van der Waals surface area contributed by atoms with Crippen molar-refractivity contribution >= 4 is 17.8 Å². The van der Waals surface area contributed by atoms with E-state index >= 15 is 0 Å². The molecule has 1 aromatic rings. The number of fused-ring (bicyclic) bond motifs is 1. The van der Waals surface area contributed by atoms with Crippen LogP contribution in [0.1, 0.15) is 81.9 Å². The van der Waals surface area contributed by atoms with E-state index in [1.165, 1.54) is 11.3 Å². The molecule has 1 spiro atoms. The second-order valence-electron chi connectivity index (χ2n) is 9.51. The topological polar surface area (TPSA) is 91.6 Å². The third-order valence-electron chi connectivity index (χ3n) is 7.79. The lowest BCUT2D eigenvalue weighted by atomic mass is 9.81. The van der Waals surface area contributed by atoms with Gasteiger partial charge in [0.2, 0.25) is 5.91 Å². The maximum atomic E-state index is 13.3. The SMILES string of the molecule is CN1C(=O)N(CC(=O)N2CCCC2c2nnc3n2CCCCC3)C(=O)C12CCCCC2. The predicted octanol–water partition coefficient (Wildman–Crippen LogP) is 2.26. The average molecular weight is 429 g/mol. The summed E-state index contributed by atoms with van der Waals surface area (Å²) < 4.78 is 2.19. The number of imide groups is 1. The fraction of sp³-hybridized carbons (Fsp3) is 0.773. The smallest absolute Gasteiger partial charge is 0.327 e. The van der Waals surface area contributed by atoms with Crippen LogP contribution in [-0.2, 0) is 22.6 Å². The van der Waals surface area contributed by atoms with Gasteiger partial charge in [0, 0.05) is 26.6 Å². The molecule has 9 nitrogen and oxygen atoms in total. The molecule has 1 aliphatic carbocycles. The van der Waals surface area contributed by atoms with E-state index in [0.29, 0.717) is 19.4 Å². The molecule has 3 aliphatic heterocycles. The Morgan fingerprint density at radius 3 is 2.58 bits per heavy atom. The van der Waals surface area contributed by atoms with Crippen LogP contribution in [0.5, 0.6) is 0 Å². The Hall–Kier alpha value is -2.45. The zero-order valence-electron chi connectivity index (χ0n) is 18.4. The second-order valence-corrected chi connectivity index (χ2v) is 9.51. The maximum absolute atomic E-state index is 13.3. The fourth-order valence-electron chi connectivity index (χ4n) is 5.98. The summed E-state index contributed by atoms with van der Waals surface area (Å²) in [6.45, 7) is 1.34. The molecule has 1 unspecified atom stereocenters. The molecule has 5 rings (SSSR count). The van der Waals surface area contributed by atoms with Crippen molar-refractivity contribution in [1.29, 1.82) is 0 Å². The van der Waals surface area contributed by atoms with Crippen LogP contribution < -0.4 is 0 Å². The van der Waals surface area contributed by atoms with Crippen LogP contribution in [0.4, 0.5) is 4.79 Å². The second kappa shape index (κ2) is 7.91. The Labute approximate surface area is 182 Å². The monoisotopic (exact) mass is 428 g/mol. The van der Waals surface area contributed by atoms with E-state index in [0.717, 1.165) is 69.6 Å². The van der Waals surface area contributed by atoms with Gasteiger partial charge in [0.1, 0.15) is 17.9 Å². The van der Waals surface area contributed by atoms with Gasteiger partial charge in [0.05, 0.1) is 6.04 Å². The van der Waals surface area contributed by atoms with E-state index in [1.54, 1.807) is 11.9 Å². The largest absolute Gasteiger partial charge is 0.331 e. The average Bonchev–Trinajstić information content (AvgIpc) is 3.40. The molecule has 1 saturated carbocycles. The zero-order chi connectivity index (χ0) is 21.6. The summed E-state index contributed by atoms with van der Waals surface area (Å²) in [6.07, 6.45) is 10.4. The lowest BCUT2D eigenvalue weighted by Gasteiger charge is -2.35. The molecule has 0 radical (unpaired) electrons. The highest BCUT2D eigenvalue weighted by Gasteiger charge is 2.56. The molecule has 0 bridgehead atoms. The molecule has 4 aliphatic rings. The van der Waals surface area contributed by atoms with Crippen LogP contribution in [0.3, 0.4) is 0 Å². The van der Waals surface area contributed by atoms with Crippen molar-refractivity contribution in [2.45, 2.75) is 88.8 Å². The summed E-state index contributed by atoms with van der Waals surface area (Å²) in [6, 6.07) is -0.464. The van der Waals surface area contributed by atoms with Crippen LogP contribution in [0.25, 0.3) is 0 Å². The number of urea groups is 1. The maximum Gasteiger partial charge on any atom is 0.327 e. The highest BCUT2D eigenvalue weighted by atomic mass is 16.2. The van der Waals surface area contributed by atoms with Crippen LogP contribution in [0, 0.1) is 0 Å². The van der Waals surface area contributed by atoms with Crippen LogP contribution in [-0.4, -0.2) is 73.0 Å².